The third-order valence-corrected chi connectivity index (χ3v) is 7.43. The van der Waals surface area contributed by atoms with E-state index in [0.717, 1.165) is 55.8 Å². The molecule has 0 bridgehead atoms. The number of aromatic nitrogens is 2. The van der Waals surface area contributed by atoms with Crippen molar-refractivity contribution in [2.24, 2.45) is 29.2 Å². The molecule has 0 radical (unpaired) electrons. The average Bonchev–Trinajstić information content (AvgIpc) is 3.29. The number of nitrogens with two attached hydrogens (primary N) is 2. The van der Waals surface area contributed by atoms with E-state index in [0.29, 0.717) is 13.1 Å². The number of rotatable bonds is 6. The van der Waals surface area contributed by atoms with Gasteiger partial charge in [0, 0.05) is 45.0 Å². The molecule has 5 rings (SSSR count). The van der Waals surface area contributed by atoms with E-state index in [-0.39, 0.29) is 17.9 Å². The Labute approximate surface area is 193 Å². The number of fused-ring (bicyclic) bond motifs is 1. The second kappa shape index (κ2) is 9.24. The molecule has 4 atom stereocenters. The molecule has 1 saturated carbocycles. The summed E-state index contributed by atoms with van der Waals surface area (Å²) in [7, 11) is 0. The molecule has 176 valence electrons. The van der Waals surface area contributed by atoms with E-state index in [9.17, 15) is 9.59 Å². The van der Waals surface area contributed by atoms with Crippen LogP contribution in [0.1, 0.15) is 18.4 Å². The fourth-order valence-electron chi connectivity index (χ4n) is 5.43. The van der Waals surface area contributed by atoms with Gasteiger partial charge in [-0.1, -0.05) is 12.1 Å². The molecule has 1 aromatic carbocycles. The van der Waals surface area contributed by atoms with Gasteiger partial charge in [0.15, 0.2) is 0 Å². The van der Waals surface area contributed by atoms with Crippen molar-refractivity contribution in [1.29, 1.82) is 0 Å². The van der Waals surface area contributed by atoms with Gasteiger partial charge >= 0.3 is 11.7 Å². The Balaban J connectivity index is 1.16. The maximum atomic E-state index is 12.6. The minimum Gasteiger partial charge on any atom is -0.330 e. The number of hydrogen-bond donors (Lipinski definition) is 3. The Morgan fingerprint density at radius 3 is 2.55 bits per heavy atom. The predicted molar refractivity (Wildman–Crippen MR) is 127 cm³/mol. The molecule has 0 spiro atoms. The third kappa shape index (κ3) is 4.80. The topological polar surface area (TPSA) is 123 Å². The number of amides is 2. The van der Waals surface area contributed by atoms with Gasteiger partial charge < -0.3 is 21.3 Å². The van der Waals surface area contributed by atoms with Crippen molar-refractivity contribution >= 4 is 11.8 Å². The van der Waals surface area contributed by atoms with Crippen LogP contribution in [0.3, 0.4) is 0 Å². The van der Waals surface area contributed by atoms with Crippen LogP contribution >= 0.6 is 0 Å². The van der Waals surface area contributed by atoms with Crippen LogP contribution in [-0.2, 0) is 6.42 Å². The molecule has 2 aliphatic heterocycles. The summed E-state index contributed by atoms with van der Waals surface area (Å²) in [5, 5.41) is 2.71. The Hall–Kier alpha value is -2.75. The summed E-state index contributed by atoms with van der Waals surface area (Å²) < 4.78 is 1.48. The van der Waals surface area contributed by atoms with Crippen molar-refractivity contribution < 1.29 is 4.79 Å². The van der Waals surface area contributed by atoms with Crippen molar-refractivity contribution in [2.75, 3.05) is 44.6 Å². The maximum absolute atomic E-state index is 12.6. The molecule has 9 heteroatoms. The Bertz CT molecular complexity index is 1040. The zero-order chi connectivity index (χ0) is 22.9. The second-order valence-electron chi connectivity index (χ2n) is 9.65. The predicted octanol–water partition coefficient (Wildman–Crippen LogP) is 0.867. The van der Waals surface area contributed by atoms with Gasteiger partial charge in [-0.15, -0.1) is 0 Å². The first-order valence-electron chi connectivity index (χ1n) is 11.9. The summed E-state index contributed by atoms with van der Waals surface area (Å²) in [6, 6.07) is 9.39. The fraction of sp³-hybridized carbons (Fsp3) is 0.542. The Morgan fingerprint density at radius 2 is 1.88 bits per heavy atom. The van der Waals surface area contributed by atoms with Crippen LogP contribution in [-0.4, -0.2) is 70.7 Å². The summed E-state index contributed by atoms with van der Waals surface area (Å²) in [5.74, 6) is 2.65. The van der Waals surface area contributed by atoms with E-state index in [1.54, 1.807) is 17.2 Å². The number of benzene rings is 1. The van der Waals surface area contributed by atoms with Crippen LogP contribution in [0.5, 0.6) is 0 Å². The van der Waals surface area contributed by atoms with Gasteiger partial charge in [0.2, 0.25) is 0 Å². The van der Waals surface area contributed by atoms with Gasteiger partial charge in [0.1, 0.15) is 5.82 Å². The normalized spacial score (nSPS) is 26.8. The SMILES string of the molecule is NCC1[C@H]2CN(CCc3ccc(-n4ccc(NC(=O)N5CCCC(N)C5)nc4=O)cc3)C[C@@H]12. The number of anilines is 1. The molecule has 2 unspecified atom stereocenters. The standard InChI is InChI=1S/C24H33N7O2/c25-12-19-20-14-29(15-21(19)20)10-7-16-3-5-18(6-4-16)31-11-8-22(28-24(31)33)27-23(32)30-9-1-2-17(26)13-30/h3-6,8,11,17,19-21H,1-2,7,9-10,12-15,25-26H2,(H,27,28,32,33)/t17?,19?,20-,21+. The van der Waals surface area contributed by atoms with Gasteiger partial charge in [-0.3, -0.25) is 9.88 Å². The lowest BCUT2D eigenvalue weighted by Crippen LogP contribution is -2.47. The maximum Gasteiger partial charge on any atom is 0.354 e. The van der Waals surface area contributed by atoms with E-state index in [1.165, 1.54) is 23.2 Å². The van der Waals surface area contributed by atoms with Gasteiger partial charge in [0.05, 0.1) is 5.69 Å². The van der Waals surface area contributed by atoms with Crippen LogP contribution in [0.25, 0.3) is 5.69 Å². The average molecular weight is 452 g/mol. The van der Waals surface area contributed by atoms with Crippen molar-refractivity contribution in [1.82, 2.24) is 19.4 Å². The molecular formula is C24H33N7O2. The van der Waals surface area contributed by atoms with E-state index in [1.807, 2.05) is 12.1 Å². The summed E-state index contributed by atoms with van der Waals surface area (Å²) in [4.78, 5) is 33.2. The van der Waals surface area contributed by atoms with Crippen molar-refractivity contribution in [2.45, 2.75) is 25.3 Å². The lowest BCUT2D eigenvalue weighted by atomic mass is 10.1. The molecule has 2 saturated heterocycles. The van der Waals surface area contributed by atoms with Gasteiger partial charge in [-0.05, 0) is 67.3 Å². The molecule has 9 nitrogen and oxygen atoms in total. The summed E-state index contributed by atoms with van der Waals surface area (Å²) in [6.45, 7) is 5.43. The highest BCUT2D eigenvalue weighted by atomic mass is 16.2. The van der Waals surface area contributed by atoms with Crippen LogP contribution in [0, 0.1) is 17.8 Å². The van der Waals surface area contributed by atoms with Gasteiger partial charge in [-0.2, -0.15) is 4.98 Å². The Morgan fingerprint density at radius 1 is 1.12 bits per heavy atom. The molecule has 1 aliphatic carbocycles. The van der Waals surface area contributed by atoms with Crippen molar-refractivity contribution in [3.8, 4) is 5.69 Å². The monoisotopic (exact) mass is 451 g/mol. The van der Waals surface area contributed by atoms with E-state index < -0.39 is 5.69 Å². The lowest BCUT2D eigenvalue weighted by molar-refractivity contribution is 0.193. The number of nitrogens with zero attached hydrogens (tertiary/aromatic N) is 4. The molecule has 2 aromatic rings. The highest BCUT2D eigenvalue weighted by molar-refractivity contribution is 5.88. The molecule has 3 fully saturated rings. The highest BCUT2D eigenvalue weighted by Crippen LogP contribution is 2.50. The molecule has 3 aliphatic rings. The summed E-state index contributed by atoms with van der Waals surface area (Å²) in [5.41, 5.74) is 13.3. The molecule has 1 aromatic heterocycles. The second-order valence-corrected chi connectivity index (χ2v) is 9.65. The van der Waals surface area contributed by atoms with Gasteiger partial charge in [-0.25, -0.2) is 9.59 Å². The lowest BCUT2D eigenvalue weighted by Gasteiger charge is -2.30. The Kier molecular flexibility index (Phi) is 6.18. The molecule has 3 heterocycles. The number of carbonyl (C=O) groups excluding carboxylic acids is 1. The van der Waals surface area contributed by atoms with E-state index >= 15 is 0 Å². The van der Waals surface area contributed by atoms with Gasteiger partial charge in [0.25, 0.3) is 0 Å². The molecule has 5 N–H and O–H groups in total. The largest absolute Gasteiger partial charge is 0.354 e. The number of hydrogen-bond acceptors (Lipinski definition) is 6. The van der Waals surface area contributed by atoms with E-state index in [4.69, 9.17) is 11.5 Å². The molecule has 2 amide bonds. The van der Waals surface area contributed by atoms with Crippen LogP contribution in [0.2, 0.25) is 0 Å². The highest BCUT2D eigenvalue weighted by Gasteiger charge is 2.54. The van der Waals surface area contributed by atoms with Crippen LogP contribution in [0.15, 0.2) is 41.3 Å². The minimum atomic E-state index is -0.429. The quantitative estimate of drug-likeness (QED) is 0.599. The van der Waals surface area contributed by atoms with Crippen molar-refractivity contribution in [3.05, 3.63) is 52.6 Å². The fourth-order valence-corrected chi connectivity index (χ4v) is 5.43. The summed E-state index contributed by atoms with van der Waals surface area (Å²) >= 11 is 0. The first-order chi connectivity index (χ1) is 16.0. The number of piperidine rings is 2. The molecular weight excluding hydrogens is 418 g/mol. The van der Waals surface area contributed by atoms with Crippen LogP contribution in [0.4, 0.5) is 10.6 Å². The summed E-state index contributed by atoms with van der Waals surface area (Å²) in [6.07, 6.45) is 4.44. The number of urea groups is 1. The first-order valence-corrected chi connectivity index (χ1v) is 11.9. The zero-order valence-electron chi connectivity index (χ0n) is 18.9. The zero-order valence-corrected chi connectivity index (χ0v) is 18.9. The van der Waals surface area contributed by atoms with Crippen LogP contribution < -0.4 is 22.5 Å². The van der Waals surface area contributed by atoms with E-state index in [2.05, 4.69) is 27.3 Å². The van der Waals surface area contributed by atoms with Crippen molar-refractivity contribution in [3.63, 3.8) is 0 Å². The minimum absolute atomic E-state index is 0.00193. The first kappa shape index (κ1) is 22.1. The number of likely N-dealkylation sites (tertiary alicyclic amines) is 2. The number of carbonyl (C=O) groups is 1. The molecule has 33 heavy (non-hydrogen) atoms. The smallest absolute Gasteiger partial charge is 0.330 e. The third-order valence-electron chi connectivity index (χ3n) is 7.43. The number of nitrogens with one attached hydrogen (secondary N) is 1.